The molecule has 0 aliphatic carbocycles. The molecule has 0 aromatic heterocycles. The van der Waals surface area contributed by atoms with Gasteiger partial charge in [-0.2, -0.15) is 0 Å². The Kier molecular flexibility index (Phi) is 2.89. The SMILES string of the molecule is [B]C(=O)C(C)C(C)N1C(=O)C=CC1=O. The quantitative estimate of drug-likeness (QED) is 0.451. The summed E-state index contributed by atoms with van der Waals surface area (Å²) in [6.07, 6.45) is 2.37. The van der Waals surface area contributed by atoms with Crippen LogP contribution in [-0.2, 0) is 14.4 Å². The van der Waals surface area contributed by atoms with Crippen LogP contribution in [0.15, 0.2) is 12.2 Å². The molecular weight excluding hydrogens is 181 g/mol. The first-order chi connectivity index (χ1) is 6.45. The highest BCUT2D eigenvalue weighted by molar-refractivity contribution is 6.58. The van der Waals surface area contributed by atoms with Crippen LogP contribution in [0.5, 0.6) is 0 Å². The van der Waals surface area contributed by atoms with Crippen molar-refractivity contribution < 1.29 is 14.4 Å². The number of carbonyl (C=O) groups is 3. The van der Waals surface area contributed by atoms with Gasteiger partial charge in [0, 0.05) is 24.1 Å². The van der Waals surface area contributed by atoms with Gasteiger partial charge in [-0.25, -0.2) is 0 Å². The summed E-state index contributed by atoms with van der Waals surface area (Å²) < 4.78 is 0. The van der Waals surface area contributed by atoms with E-state index >= 15 is 0 Å². The Morgan fingerprint density at radius 2 is 1.71 bits per heavy atom. The second-order valence-electron chi connectivity index (χ2n) is 3.31. The molecule has 2 unspecified atom stereocenters. The lowest BCUT2D eigenvalue weighted by Crippen LogP contribution is -2.44. The van der Waals surface area contributed by atoms with Crippen LogP contribution in [0, 0.1) is 5.92 Å². The predicted octanol–water partition coefficient (Wildman–Crippen LogP) is -0.369. The smallest absolute Gasteiger partial charge is 0.253 e. The van der Waals surface area contributed by atoms with Crippen LogP contribution in [0.3, 0.4) is 0 Å². The van der Waals surface area contributed by atoms with Gasteiger partial charge < -0.3 is 4.79 Å². The molecule has 4 nitrogen and oxygen atoms in total. The van der Waals surface area contributed by atoms with E-state index in [9.17, 15) is 14.4 Å². The topological polar surface area (TPSA) is 54.5 Å². The number of nitrogens with zero attached hydrogens (tertiary/aromatic N) is 1. The number of amides is 2. The monoisotopic (exact) mass is 191 g/mol. The fourth-order valence-electron chi connectivity index (χ4n) is 1.27. The van der Waals surface area contributed by atoms with Gasteiger partial charge in [0.2, 0.25) is 0 Å². The summed E-state index contributed by atoms with van der Waals surface area (Å²) in [6, 6.07) is -0.498. The van der Waals surface area contributed by atoms with E-state index in [4.69, 9.17) is 7.85 Å². The molecule has 2 atom stereocenters. The van der Waals surface area contributed by atoms with E-state index in [1.54, 1.807) is 13.8 Å². The van der Waals surface area contributed by atoms with Crippen LogP contribution in [-0.4, -0.2) is 36.3 Å². The molecule has 14 heavy (non-hydrogen) atoms. The molecule has 0 fully saturated rings. The summed E-state index contributed by atoms with van der Waals surface area (Å²) in [5, 5.41) is 0. The number of hydrogen-bond donors (Lipinski definition) is 0. The molecule has 72 valence electrons. The van der Waals surface area contributed by atoms with Crippen molar-refractivity contribution in [3.8, 4) is 0 Å². The molecule has 5 heteroatoms. The second-order valence-corrected chi connectivity index (χ2v) is 3.31. The van der Waals surface area contributed by atoms with Gasteiger partial charge in [-0.3, -0.25) is 14.5 Å². The Balaban J connectivity index is 2.80. The number of imide groups is 1. The van der Waals surface area contributed by atoms with Gasteiger partial charge in [-0.05, 0) is 6.92 Å². The molecule has 1 aliphatic rings. The van der Waals surface area contributed by atoms with Crippen molar-refractivity contribution in [2.24, 2.45) is 5.92 Å². The fraction of sp³-hybridized carbons (Fsp3) is 0.444. The van der Waals surface area contributed by atoms with Crippen LogP contribution >= 0.6 is 0 Å². The largest absolute Gasteiger partial charge is 0.312 e. The Morgan fingerprint density at radius 3 is 2.07 bits per heavy atom. The molecule has 0 saturated heterocycles. The first-order valence-corrected chi connectivity index (χ1v) is 4.29. The van der Waals surface area contributed by atoms with Gasteiger partial charge in [-0.15, -0.1) is 0 Å². The Labute approximate surface area is 83.4 Å². The van der Waals surface area contributed by atoms with E-state index in [1.807, 2.05) is 0 Å². The van der Waals surface area contributed by atoms with Gasteiger partial charge in [0.1, 0.15) is 0 Å². The Bertz CT molecular complexity index is 306. The Morgan fingerprint density at radius 1 is 1.29 bits per heavy atom. The van der Waals surface area contributed by atoms with E-state index in [0.717, 1.165) is 4.90 Å². The Hall–Kier alpha value is -1.39. The molecular formula is C9H10BNO3. The molecule has 1 aliphatic heterocycles. The van der Waals surface area contributed by atoms with E-state index in [1.165, 1.54) is 12.2 Å². The van der Waals surface area contributed by atoms with Crippen LogP contribution in [0.2, 0.25) is 0 Å². The highest BCUT2D eigenvalue weighted by atomic mass is 16.2. The number of carbonyl (C=O) groups excluding carboxylic acids is 3. The highest BCUT2D eigenvalue weighted by Crippen LogP contribution is 2.15. The second kappa shape index (κ2) is 3.78. The third-order valence-corrected chi connectivity index (χ3v) is 2.42. The molecule has 0 saturated carbocycles. The maximum absolute atomic E-state index is 11.2. The van der Waals surface area contributed by atoms with Crippen LogP contribution < -0.4 is 0 Å². The highest BCUT2D eigenvalue weighted by Gasteiger charge is 2.32. The zero-order valence-corrected chi connectivity index (χ0v) is 8.06. The molecule has 1 heterocycles. The van der Waals surface area contributed by atoms with Crippen LogP contribution in [0.4, 0.5) is 0 Å². The summed E-state index contributed by atoms with van der Waals surface area (Å²) in [7, 11) is 5.09. The molecule has 2 radical (unpaired) electrons. The molecule has 2 amide bonds. The minimum absolute atomic E-state index is 0.393. The van der Waals surface area contributed by atoms with E-state index in [-0.39, 0.29) is 0 Å². The fourth-order valence-corrected chi connectivity index (χ4v) is 1.27. The van der Waals surface area contributed by atoms with Crippen LogP contribution in [0.25, 0.3) is 0 Å². The van der Waals surface area contributed by atoms with Gasteiger partial charge >= 0.3 is 0 Å². The minimum atomic E-state index is -0.539. The van der Waals surface area contributed by atoms with E-state index in [0.29, 0.717) is 0 Å². The first kappa shape index (κ1) is 10.7. The minimum Gasteiger partial charge on any atom is -0.312 e. The lowest BCUT2D eigenvalue weighted by atomic mass is 9.85. The summed E-state index contributed by atoms with van der Waals surface area (Å²) in [6.45, 7) is 3.21. The van der Waals surface area contributed by atoms with Crippen molar-refractivity contribution in [1.82, 2.24) is 4.90 Å². The van der Waals surface area contributed by atoms with Crippen molar-refractivity contribution in [1.29, 1.82) is 0 Å². The average molecular weight is 191 g/mol. The van der Waals surface area contributed by atoms with Crippen molar-refractivity contribution in [3.63, 3.8) is 0 Å². The lowest BCUT2D eigenvalue weighted by Gasteiger charge is -2.26. The zero-order valence-electron chi connectivity index (χ0n) is 8.06. The van der Waals surface area contributed by atoms with Crippen LogP contribution in [0.1, 0.15) is 13.8 Å². The zero-order chi connectivity index (χ0) is 10.9. The van der Waals surface area contributed by atoms with E-state index < -0.39 is 29.5 Å². The van der Waals surface area contributed by atoms with Gasteiger partial charge in [0.15, 0.2) is 7.85 Å². The summed E-state index contributed by atoms with van der Waals surface area (Å²) in [4.78, 5) is 34.3. The number of rotatable bonds is 3. The number of hydrogen-bond acceptors (Lipinski definition) is 3. The summed E-state index contributed by atoms with van der Waals surface area (Å²) in [5.74, 6) is -1.32. The predicted molar refractivity (Wildman–Crippen MR) is 50.4 cm³/mol. The van der Waals surface area contributed by atoms with Crippen molar-refractivity contribution in [2.75, 3.05) is 0 Å². The third kappa shape index (κ3) is 1.76. The molecule has 0 aromatic carbocycles. The lowest BCUT2D eigenvalue weighted by molar-refractivity contribution is -0.140. The first-order valence-electron chi connectivity index (χ1n) is 4.29. The molecule has 0 N–H and O–H groups in total. The average Bonchev–Trinajstić information content (AvgIpc) is 2.44. The van der Waals surface area contributed by atoms with Crippen molar-refractivity contribution in [2.45, 2.75) is 19.9 Å². The standard InChI is InChI=1S/C9H10BNO3/c1-5(9(10)14)6(2)11-7(12)3-4-8(11)13/h3-6H,1-2H3. The maximum Gasteiger partial charge on any atom is 0.253 e. The van der Waals surface area contributed by atoms with Crippen molar-refractivity contribution in [3.05, 3.63) is 12.2 Å². The third-order valence-electron chi connectivity index (χ3n) is 2.42. The summed E-state index contributed by atoms with van der Waals surface area (Å²) >= 11 is 0. The van der Waals surface area contributed by atoms with Crippen molar-refractivity contribution >= 4 is 25.3 Å². The van der Waals surface area contributed by atoms with Gasteiger partial charge in [0.05, 0.1) is 5.68 Å². The summed E-state index contributed by atoms with van der Waals surface area (Å²) in [5.41, 5.74) is -0.523. The van der Waals surface area contributed by atoms with E-state index in [2.05, 4.69) is 0 Å². The molecule has 0 spiro atoms. The van der Waals surface area contributed by atoms with Gasteiger partial charge in [-0.1, -0.05) is 6.92 Å². The molecule has 0 aromatic rings. The molecule has 0 bridgehead atoms. The maximum atomic E-state index is 11.2. The van der Waals surface area contributed by atoms with Gasteiger partial charge in [0.25, 0.3) is 11.8 Å². The normalized spacial score (nSPS) is 20.0. The molecule has 1 rings (SSSR count).